The second kappa shape index (κ2) is 23.4. The fourth-order valence-corrected chi connectivity index (χ4v) is 7.34. The van der Waals surface area contributed by atoms with Gasteiger partial charge in [-0.05, 0) is 63.3 Å². The van der Waals surface area contributed by atoms with Crippen LogP contribution in [0.4, 0.5) is 11.4 Å². The molecule has 1 unspecified atom stereocenters. The lowest BCUT2D eigenvalue weighted by atomic mass is 9.96. The fourth-order valence-electron chi connectivity index (χ4n) is 7.34. The number of nitrogens with two attached hydrogens (primary N) is 1. The van der Waals surface area contributed by atoms with E-state index in [0.29, 0.717) is 48.9 Å². The summed E-state index contributed by atoms with van der Waals surface area (Å²) >= 11 is 0. The molecule has 5 rings (SSSR count). The molecule has 10 N–H and O–H groups in total. The molecule has 21 heteroatoms. The Morgan fingerprint density at radius 3 is 2.35 bits per heavy atom. The maximum absolute atomic E-state index is 13.3. The van der Waals surface area contributed by atoms with Crippen LogP contribution in [0.15, 0.2) is 71.5 Å². The Balaban J connectivity index is 1.05. The van der Waals surface area contributed by atoms with Crippen molar-refractivity contribution in [3.05, 3.63) is 92.6 Å². The Morgan fingerprint density at radius 1 is 0.954 bits per heavy atom. The number of aromatic nitrogens is 1. The van der Waals surface area contributed by atoms with Crippen molar-refractivity contribution in [2.45, 2.75) is 108 Å². The highest BCUT2D eigenvalue weighted by Gasteiger charge is 2.48. The number of anilines is 1. The molecule has 1 aliphatic heterocycles. The first-order valence-corrected chi connectivity index (χ1v) is 21.2. The number of aliphatic hydroxyl groups excluding tert-OH is 2. The third-order valence-electron chi connectivity index (χ3n) is 10.8. The Hall–Kier alpha value is -6.52. The molecule has 0 spiro atoms. The maximum atomic E-state index is 13.3. The average molecular weight is 905 g/mol. The number of fused-ring (bicyclic) bond motifs is 2. The molecule has 0 saturated carbocycles. The molecule has 1 fully saturated rings. The molecule has 1 saturated heterocycles. The van der Waals surface area contributed by atoms with E-state index in [1.165, 1.54) is 32.9 Å². The summed E-state index contributed by atoms with van der Waals surface area (Å²) in [4.78, 5) is 90.9. The number of primary amides is 1. The van der Waals surface area contributed by atoms with E-state index >= 15 is 0 Å². The summed E-state index contributed by atoms with van der Waals surface area (Å²) in [5, 5.41) is 46.8. The Labute approximate surface area is 373 Å². The number of hydrogen-bond acceptors (Lipinski definition) is 14. The Morgan fingerprint density at radius 2 is 1.66 bits per heavy atom. The van der Waals surface area contributed by atoms with Gasteiger partial charge in [0.25, 0.3) is 5.69 Å². The minimum absolute atomic E-state index is 0.0553. The fraction of sp³-hybridized carbons (Fsp3) is 0.455. The van der Waals surface area contributed by atoms with E-state index in [1.807, 2.05) is 30.3 Å². The van der Waals surface area contributed by atoms with Crippen LogP contribution >= 0.6 is 0 Å². The molecular formula is C44H56N8O13. The van der Waals surface area contributed by atoms with Crippen LogP contribution in [0.3, 0.4) is 0 Å². The summed E-state index contributed by atoms with van der Waals surface area (Å²) in [5.41, 5.74) is 6.86. The smallest absolute Gasteiger partial charge is 0.293 e. The molecule has 4 aromatic rings. The second-order valence-electron chi connectivity index (χ2n) is 15.7. The third kappa shape index (κ3) is 13.3. The summed E-state index contributed by atoms with van der Waals surface area (Å²) in [5.74, 6) is -3.36. The lowest BCUT2D eigenvalue weighted by molar-refractivity contribution is -0.383. The first-order valence-electron chi connectivity index (χ1n) is 21.2. The van der Waals surface area contributed by atoms with Crippen LogP contribution < -0.4 is 37.7 Å². The number of carbonyl (C=O) groups is 5. The lowest BCUT2D eigenvalue weighted by Gasteiger charge is -2.44. The minimum Gasteiger partial charge on any atom is -0.394 e. The van der Waals surface area contributed by atoms with Crippen molar-refractivity contribution in [3.63, 3.8) is 0 Å². The molecule has 0 aliphatic carbocycles. The molecule has 8 atom stereocenters. The van der Waals surface area contributed by atoms with Crippen LogP contribution in [0.5, 0.6) is 0 Å². The van der Waals surface area contributed by atoms with Crippen LogP contribution in [-0.2, 0) is 44.8 Å². The molecule has 5 amide bonds. The molecule has 1 aliphatic rings. The number of benzene rings is 3. The number of amides is 5. The number of carbonyl (C=O) groups excluding carboxylic acids is 5. The van der Waals surface area contributed by atoms with Crippen LogP contribution in [0.1, 0.15) is 58.4 Å². The number of nitro groups is 1. The van der Waals surface area contributed by atoms with Crippen molar-refractivity contribution in [2.24, 2.45) is 5.73 Å². The van der Waals surface area contributed by atoms with Crippen LogP contribution in [0.25, 0.3) is 21.8 Å². The van der Waals surface area contributed by atoms with Crippen molar-refractivity contribution in [3.8, 4) is 0 Å². The zero-order chi connectivity index (χ0) is 47.2. The Bertz CT molecular complexity index is 2380. The predicted molar refractivity (Wildman–Crippen MR) is 237 cm³/mol. The zero-order valence-corrected chi connectivity index (χ0v) is 36.2. The summed E-state index contributed by atoms with van der Waals surface area (Å²) in [6, 6.07) is 15.1. The van der Waals surface area contributed by atoms with E-state index in [2.05, 4.69) is 31.6 Å². The van der Waals surface area contributed by atoms with Gasteiger partial charge in [-0.15, -0.1) is 0 Å². The number of rotatable bonds is 23. The quantitative estimate of drug-likeness (QED) is 0.0218. The molecule has 350 valence electrons. The normalized spacial score (nSPS) is 19.7. The maximum Gasteiger partial charge on any atom is 0.293 e. The first-order chi connectivity index (χ1) is 31.1. The predicted octanol–water partition coefficient (Wildman–Crippen LogP) is 1.12. The largest absolute Gasteiger partial charge is 0.394 e. The molecule has 65 heavy (non-hydrogen) atoms. The summed E-state index contributed by atoms with van der Waals surface area (Å²) in [6.07, 6.45) is -4.85. The van der Waals surface area contributed by atoms with Crippen molar-refractivity contribution >= 4 is 62.7 Å². The van der Waals surface area contributed by atoms with Gasteiger partial charge in [-0.1, -0.05) is 42.5 Å². The van der Waals surface area contributed by atoms with Crippen LogP contribution in [-0.4, -0.2) is 118 Å². The number of non-ortho nitro benzene ring substituents is 1. The first kappa shape index (κ1) is 49.5. The lowest BCUT2D eigenvalue weighted by Crippen LogP contribution is -2.66. The van der Waals surface area contributed by atoms with E-state index in [-0.39, 0.29) is 47.4 Å². The van der Waals surface area contributed by atoms with Crippen molar-refractivity contribution in [2.75, 3.05) is 25.0 Å². The number of hydrogen-bond donors (Lipinski definition) is 9. The molecule has 3 aromatic carbocycles. The number of nitrogens with one attached hydrogen (secondary N) is 6. The minimum atomic E-state index is -1.51. The molecular weight excluding hydrogens is 849 g/mol. The van der Waals surface area contributed by atoms with Gasteiger partial charge in [0.1, 0.15) is 48.1 Å². The zero-order valence-electron chi connectivity index (χ0n) is 36.2. The van der Waals surface area contributed by atoms with E-state index < -0.39 is 84.0 Å². The molecule has 2 heterocycles. The SMILES string of the molecule is CC(=O)N[C@H]1[C@@H](OCc2ccccc2)O[C@H](CO)[C@@H](O)[C@@H]1OC(C)C(=O)N[C@@H](C)C(=O)N[C@H](CCC(=O)NCCCCCNc1ccc([N+](=O)[O-])c2[nH]c3ccccc3c(=O)c12)C(N)=O. The highest BCUT2D eigenvalue weighted by atomic mass is 16.7. The van der Waals surface area contributed by atoms with Gasteiger partial charge in [-0.25, -0.2) is 0 Å². The van der Waals surface area contributed by atoms with Crippen molar-refractivity contribution in [1.82, 2.24) is 26.3 Å². The van der Waals surface area contributed by atoms with Gasteiger partial charge in [0.05, 0.1) is 23.5 Å². The van der Waals surface area contributed by atoms with Crippen molar-refractivity contribution < 1.29 is 53.3 Å². The number of aromatic amines is 1. The molecule has 0 bridgehead atoms. The number of ether oxygens (including phenoxy) is 3. The van der Waals surface area contributed by atoms with Crippen LogP contribution in [0, 0.1) is 10.1 Å². The van der Waals surface area contributed by atoms with E-state index in [9.17, 15) is 49.1 Å². The van der Waals surface area contributed by atoms with Gasteiger partial charge >= 0.3 is 0 Å². The van der Waals surface area contributed by atoms with E-state index in [1.54, 1.807) is 24.3 Å². The summed E-state index contributed by atoms with van der Waals surface area (Å²) in [7, 11) is 0. The highest BCUT2D eigenvalue weighted by Crippen LogP contribution is 2.30. The summed E-state index contributed by atoms with van der Waals surface area (Å²) < 4.78 is 17.6. The van der Waals surface area contributed by atoms with Gasteiger partial charge in [-0.2, -0.15) is 0 Å². The third-order valence-corrected chi connectivity index (χ3v) is 10.8. The number of nitro benzene ring substituents is 1. The number of pyridine rings is 1. The molecule has 0 radical (unpaired) electrons. The Kier molecular flexibility index (Phi) is 17.8. The van der Waals surface area contributed by atoms with Crippen LogP contribution in [0.2, 0.25) is 0 Å². The number of H-pyrrole nitrogens is 1. The average Bonchev–Trinajstić information content (AvgIpc) is 3.28. The summed E-state index contributed by atoms with van der Waals surface area (Å²) in [6.45, 7) is 4.15. The van der Waals surface area contributed by atoms with Gasteiger partial charge in [0.2, 0.25) is 29.5 Å². The monoisotopic (exact) mass is 904 g/mol. The highest BCUT2D eigenvalue weighted by molar-refractivity contribution is 6.03. The standard InChI is InChI=1S/C44H56N8O13/c1-24(48-43(60)25(2)64-40-37(49-26(3)54)44(65-33(22-53)39(40)57)63-23-27-12-6-4-7-13-27)42(59)51-31(41(45)58)17-19-34(55)47-21-11-5-10-20-46-30-16-18-32(52(61)62)36-35(30)38(56)28-14-8-9-15-29(28)50-36/h4,6-9,12-16,18,24-25,31,33,37,39-40,44,46,53,57H,5,10-11,17,19-23H2,1-3H3,(H2,45,58)(H,47,55)(H,48,60)(H,49,54)(H,50,56)(H,51,59)/t24-,25?,31+,33+,37+,39+,40+,44-/m0/s1. The van der Waals surface area contributed by atoms with Gasteiger partial charge in [-0.3, -0.25) is 38.9 Å². The second-order valence-corrected chi connectivity index (χ2v) is 15.7. The molecule has 1 aromatic heterocycles. The van der Waals surface area contributed by atoms with E-state index in [4.69, 9.17) is 19.9 Å². The van der Waals surface area contributed by atoms with Gasteiger partial charge in [0.15, 0.2) is 11.7 Å². The number of para-hydroxylation sites is 1. The van der Waals surface area contributed by atoms with Gasteiger partial charge in [0, 0.05) is 49.1 Å². The number of unbranched alkanes of at least 4 members (excludes halogenated alkanes) is 2. The number of aliphatic hydroxyl groups is 2. The van der Waals surface area contributed by atoms with Gasteiger partial charge < -0.3 is 61.7 Å². The molecule has 21 nitrogen and oxygen atoms in total. The topological polar surface area (TPSA) is 316 Å². The van der Waals surface area contributed by atoms with E-state index in [0.717, 1.165) is 5.56 Å². The van der Waals surface area contributed by atoms with Crippen molar-refractivity contribution in [1.29, 1.82) is 0 Å². The number of nitrogens with zero attached hydrogens (tertiary/aromatic N) is 1.